The Labute approximate surface area is 153 Å². The van der Waals surface area contributed by atoms with Crippen molar-refractivity contribution < 1.29 is 14.3 Å². The fourth-order valence-corrected chi connectivity index (χ4v) is 2.30. The maximum absolute atomic E-state index is 12.1. The lowest BCUT2D eigenvalue weighted by molar-refractivity contribution is -0.116. The van der Waals surface area contributed by atoms with Gasteiger partial charge in [0, 0.05) is 17.9 Å². The average molecular weight is 355 g/mol. The van der Waals surface area contributed by atoms with Gasteiger partial charge in [-0.1, -0.05) is 12.1 Å². The number of anilines is 2. The van der Waals surface area contributed by atoms with Gasteiger partial charge < -0.3 is 20.7 Å². The first-order valence-corrected chi connectivity index (χ1v) is 8.62. The lowest BCUT2D eigenvalue weighted by atomic mass is 10.1. The number of carbonyl (C=O) groups is 2. The molecule has 0 fully saturated rings. The molecule has 0 unspecified atom stereocenters. The Morgan fingerprint density at radius 2 is 1.69 bits per heavy atom. The van der Waals surface area contributed by atoms with Crippen molar-refractivity contribution in [1.82, 2.24) is 5.32 Å². The zero-order valence-corrected chi connectivity index (χ0v) is 15.4. The Bertz CT molecular complexity index is 775. The number of benzene rings is 2. The van der Waals surface area contributed by atoms with Gasteiger partial charge in [-0.25, -0.2) is 4.79 Å². The van der Waals surface area contributed by atoms with E-state index in [0.717, 1.165) is 11.3 Å². The standard InChI is InChI=1S/C20H25N3O3/c1-4-21-20(25)23-17-7-5-6-16(13-17)22-19(24)10-11-26-18-9-8-14(2)15(3)12-18/h5-9,12-13H,4,10-11H2,1-3H3,(H,22,24)(H2,21,23,25). The molecule has 2 aromatic rings. The van der Waals surface area contributed by atoms with E-state index in [1.807, 2.05) is 39.0 Å². The van der Waals surface area contributed by atoms with E-state index in [1.165, 1.54) is 5.56 Å². The molecule has 0 heterocycles. The van der Waals surface area contributed by atoms with E-state index in [-0.39, 0.29) is 18.4 Å². The molecular weight excluding hydrogens is 330 g/mol. The Kier molecular flexibility index (Phi) is 7.02. The number of aryl methyl sites for hydroxylation is 2. The quantitative estimate of drug-likeness (QED) is 0.706. The summed E-state index contributed by atoms with van der Waals surface area (Å²) in [5.74, 6) is 0.609. The van der Waals surface area contributed by atoms with E-state index in [1.54, 1.807) is 24.3 Å². The maximum atomic E-state index is 12.1. The third kappa shape index (κ3) is 6.12. The summed E-state index contributed by atoms with van der Waals surface area (Å²) in [6.07, 6.45) is 0.237. The van der Waals surface area contributed by atoms with Crippen molar-refractivity contribution in [3.63, 3.8) is 0 Å². The summed E-state index contributed by atoms with van der Waals surface area (Å²) >= 11 is 0. The number of urea groups is 1. The fraction of sp³-hybridized carbons (Fsp3) is 0.300. The van der Waals surface area contributed by atoms with Crippen LogP contribution in [-0.2, 0) is 4.79 Å². The summed E-state index contributed by atoms with van der Waals surface area (Å²) < 4.78 is 5.63. The van der Waals surface area contributed by atoms with Gasteiger partial charge in [0.1, 0.15) is 5.75 Å². The summed E-state index contributed by atoms with van der Waals surface area (Å²) in [4.78, 5) is 23.6. The van der Waals surface area contributed by atoms with Gasteiger partial charge in [-0.05, 0) is 62.2 Å². The molecule has 138 valence electrons. The number of rotatable bonds is 7. The smallest absolute Gasteiger partial charge is 0.319 e. The second-order valence-electron chi connectivity index (χ2n) is 5.96. The number of carbonyl (C=O) groups excluding carboxylic acids is 2. The van der Waals surface area contributed by atoms with Gasteiger partial charge >= 0.3 is 6.03 Å². The third-order valence-corrected chi connectivity index (χ3v) is 3.82. The molecule has 0 spiro atoms. The van der Waals surface area contributed by atoms with Crippen LogP contribution in [0.2, 0.25) is 0 Å². The monoisotopic (exact) mass is 355 g/mol. The number of nitrogens with one attached hydrogen (secondary N) is 3. The van der Waals surface area contributed by atoms with E-state index in [9.17, 15) is 9.59 Å². The predicted octanol–water partition coefficient (Wildman–Crippen LogP) is 3.85. The highest BCUT2D eigenvalue weighted by atomic mass is 16.5. The van der Waals surface area contributed by atoms with Crippen molar-refractivity contribution in [2.45, 2.75) is 27.2 Å². The van der Waals surface area contributed by atoms with Crippen LogP contribution in [0.3, 0.4) is 0 Å². The highest BCUT2D eigenvalue weighted by molar-refractivity contribution is 5.93. The van der Waals surface area contributed by atoms with E-state index >= 15 is 0 Å². The fourth-order valence-electron chi connectivity index (χ4n) is 2.30. The van der Waals surface area contributed by atoms with Crippen LogP contribution in [-0.4, -0.2) is 25.1 Å². The van der Waals surface area contributed by atoms with Crippen molar-refractivity contribution in [3.8, 4) is 5.75 Å². The van der Waals surface area contributed by atoms with Gasteiger partial charge in [0.2, 0.25) is 5.91 Å². The maximum Gasteiger partial charge on any atom is 0.319 e. The molecule has 0 saturated carbocycles. The molecule has 0 aromatic heterocycles. The van der Waals surface area contributed by atoms with Gasteiger partial charge in [0.05, 0.1) is 13.0 Å². The third-order valence-electron chi connectivity index (χ3n) is 3.82. The van der Waals surface area contributed by atoms with E-state index < -0.39 is 0 Å². The van der Waals surface area contributed by atoms with Crippen molar-refractivity contribution in [2.75, 3.05) is 23.8 Å². The minimum atomic E-state index is -0.280. The molecule has 0 radical (unpaired) electrons. The number of hydrogen-bond acceptors (Lipinski definition) is 3. The van der Waals surface area contributed by atoms with Gasteiger partial charge in [-0.3, -0.25) is 4.79 Å². The first-order valence-electron chi connectivity index (χ1n) is 8.62. The number of ether oxygens (including phenoxy) is 1. The molecule has 3 N–H and O–H groups in total. The lowest BCUT2D eigenvalue weighted by Gasteiger charge is -2.10. The molecule has 3 amide bonds. The van der Waals surface area contributed by atoms with Crippen LogP contribution in [0.1, 0.15) is 24.5 Å². The summed E-state index contributed by atoms with van der Waals surface area (Å²) in [6.45, 7) is 6.75. The number of amides is 3. The first-order chi connectivity index (χ1) is 12.5. The highest BCUT2D eigenvalue weighted by Gasteiger charge is 2.06. The SMILES string of the molecule is CCNC(=O)Nc1cccc(NC(=O)CCOc2ccc(C)c(C)c2)c1. The Balaban J connectivity index is 1.81. The van der Waals surface area contributed by atoms with Crippen LogP contribution in [0.15, 0.2) is 42.5 Å². The summed E-state index contributed by atoms with van der Waals surface area (Å²) in [6, 6.07) is 12.6. The molecule has 2 aromatic carbocycles. The van der Waals surface area contributed by atoms with E-state index in [4.69, 9.17) is 4.74 Å². The zero-order chi connectivity index (χ0) is 18.9. The molecule has 2 rings (SSSR count). The molecule has 0 aliphatic carbocycles. The summed E-state index contributed by atoms with van der Waals surface area (Å²) in [5, 5.41) is 8.16. The van der Waals surface area contributed by atoms with Gasteiger partial charge in [0.25, 0.3) is 0 Å². The van der Waals surface area contributed by atoms with Crippen LogP contribution >= 0.6 is 0 Å². The normalized spacial score (nSPS) is 10.1. The topological polar surface area (TPSA) is 79.5 Å². The molecule has 0 bridgehead atoms. The Morgan fingerprint density at radius 1 is 0.962 bits per heavy atom. The van der Waals surface area contributed by atoms with Crippen LogP contribution in [0.25, 0.3) is 0 Å². The highest BCUT2D eigenvalue weighted by Crippen LogP contribution is 2.17. The van der Waals surface area contributed by atoms with E-state index in [0.29, 0.717) is 24.5 Å². The lowest BCUT2D eigenvalue weighted by Crippen LogP contribution is -2.28. The summed E-state index contributed by atoms with van der Waals surface area (Å²) in [5.41, 5.74) is 3.59. The molecular formula is C20H25N3O3. The van der Waals surface area contributed by atoms with Gasteiger partial charge in [-0.2, -0.15) is 0 Å². The minimum Gasteiger partial charge on any atom is -0.493 e. The summed E-state index contributed by atoms with van der Waals surface area (Å²) in [7, 11) is 0. The van der Waals surface area contributed by atoms with Gasteiger partial charge in [-0.15, -0.1) is 0 Å². The van der Waals surface area contributed by atoms with Gasteiger partial charge in [0.15, 0.2) is 0 Å². The molecule has 6 nitrogen and oxygen atoms in total. The van der Waals surface area contributed by atoms with Crippen LogP contribution in [0.5, 0.6) is 5.75 Å². The molecule has 6 heteroatoms. The first kappa shape index (κ1) is 19.3. The second kappa shape index (κ2) is 9.46. The molecule has 0 aliphatic heterocycles. The van der Waals surface area contributed by atoms with Crippen molar-refractivity contribution in [2.24, 2.45) is 0 Å². The second-order valence-corrected chi connectivity index (χ2v) is 5.96. The van der Waals surface area contributed by atoms with Crippen molar-refractivity contribution in [3.05, 3.63) is 53.6 Å². The van der Waals surface area contributed by atoms with Crippen molar-refractivity contribution >= 4 is 23.3 Å². The molecule has 26 heavy (non-hydrogen) atoms. The zero-order valence-electron chi connectivity index (χ0n) is 15.4. The average Bonchev–Trinajstić information content (AvgIpc) is 2.58. The minimum absolute atomic E-state index is 0.149. The largest absolute Gasteiger partial charge is 0.493 e. The van der Waals surface area contributed by atoms with Crippen LogP contribution in [0, 0.1) is 13.8 Å². The predicted molar refractivity (Wildman–Crippen MR) is 104 cm³/mol. The number of hydrogen-bond donors (Lipinski definition) is 3. The van der Waals surface area contributed by atoms with Crippen LogP contribution < -0.4 is 20.7 Å². The van der Waals surface area contributed by atoms with Crippen LogP contribution in [0.4, 0.5) is 16.2 Å². The van der Waals surface area contributed by atoms with Crippen molar-refractivity contribution in [1.29, 1.82) is 0 Å². The molecule has 0 atom stereocenters. The molecule has 0 aliphatic rings. The molecule has 0 saturated heterocycles. The Hall–Kier alpha value is -3.02. The van der Waals surface area contributed by atoms with E-state index in [2.05, 4.69) is 16.0 Å². The Morgan fingerprint density at radius 3 is 2.38 bits per heavy atom.